The van der Waals surface area contributed by atoms with E-state index in [2.05, 4.69) is 158 Å². The first-order valence-corrected chi connectivity index (χ1v) is 14.1. The van der Waals surface area contributed by atoms with E-state index in [1.807, 2.05) is 6.07 Å². The molecule has 0 saturated carbocycles. The quantitative estimate of drug-likeness (QED) is 0.262. The zero-order chi connectivity index (χ0) is 26.0. The molecule has 0 bridgehead atoms. The molecule has 0 atom stereocenters. The van der Waals surface area contributed by atoms with Gasteiger partial charge < -0.3 is 24.8 Å². The van der Waals surface area contributed by atoms with Gasteiger partial charge in [0.1, 0.15) is 0 Å². The number of fused-ring (bicyclic) bond motifs is 3. The largest absolute Gasteiger partial charge is 0.126 e. The van der Waals surface area contributed by atoms with Gasteiger partial charge in [0.05, 0.1) is 0 Å². The second kappa shape index (κ2) is 16.1. The SMILES string of the molecule is [C-]1=CC(c2ccccc2)=CC1.[Cl-].[Cl-].[Zr+2]=[C](c1ccccc1)c1ccccc1.c1ccc2c(c1)[cH-]c1ccccc12. The Morgan fingerprint density at radius 3 is 1.43 bits per heavy atom. The molecule has 0 fully saturated rings. The van der Waals surface area contributed by atoms with Crippen LogP contribution in [-0.4, -0.2) is 3.21 Å². The van der Waals surface area contributed by atoms with E-state index in [0.29, 0.717) is 0 Å². The van der Waals surface area contributed by atoms with Crippen LogP contribution in [0.25, 0.3) is 27.1 Å². The number of rotatable bonds is 3. The van der Waals surface area contributed by atoms with Gasteiger partial charge in [-0.15, -0.1) is 51.7 Å². The molecule has 3 heteroatoms. The van der Waals surface area contributed by atoms with Crippen molar-refractivity contribution in [1.29, 1.82) is 0 Å². The average Bonchev–Trinajstić information content (AvgIpc) is 3.68. The summed E-state index contributed by atoms with van der Waals surface area (Å²) in [6, 6.07) is 50.8. The van der Waals surface area contributed by atoms with Crippen molar-refractivity contribution in [2.24, 2.45) is 0 Å². The normalized spacial score (nSPS) is 11.2. The van der Waals surface area contributed by atoms with E-state index in [4.69, 9.17) is 0 Å². The Morgan fingerprint density at radius 1 is 0.550 bits per heavy atom. The topological polar surface area (TPSA) is 0 Å². The molecule has 0 saturated heterocycles. The minimum Gasteiger partial charge on any atom is -0.126 e. The fraction of sp³-hybridized carbons (Fsp3) is 0.0270. The van der Waals surface area contributed by atoms with E-state index in [9.17, 15) is 0 Å². The summed E-state index contributed by atoms with van der Waals surface area (Å²) in [5, 5.41) is 5.39. The van der Waals surface area contributed by atoms with E-state index < -0.39 is 0 Å². The second-order valence-corrected chi connectivity index (χ2v) is 10.2. The van der Waals surface area contributed by atoms with Gasteiger partial charge in [-0.3, -0.25) is 6.08 Å². The van der Waals surface area contributed by atoms with Crippen molar-refractivity contribution in [2.45, 2.75) is 6.42 Å². The van der Waals surface area contributed by atoms with E-state index in [1.165, 1.54) is 71.2 Å². The Labute approximate surface area is 264 Å². The number of allylic oxidation sites excluding steroid dienone is 4. The van der Waals surface area contributed by atoms with Gasteiger partial charge in [-0.05, 0) is 0 Å². The predicted molar refractivity (Wildman–Crippen MR) is 160 cm³/mol. The van der Waals surface area contributed by atoms with E-state index in [1.54, 1.807) is 0 Å². The third-order valence-corrected chi connectivity index (χ3v) is 7.87. The van der Waals surface area contributed by atoms with Crippen molar-refractivity contribution in [3.8, 4) is 0 Å². The predicted octanol–water partition coefficient (Wildman–Crippen LogP) is 3.36. The molecule has 196 valence electrons. The summed E-state index contributed by atoms with van der Waals surface area (Å²) in [6.07, 6.45) is 8.36. The molecule has 0 amide bonds. The second-order valence-electron chi connectivity index (χ2n) is 9.00. The molecule has 40 heavy (non-hydrogen) atoms. The Kier molecular flexibility index (Phi) is 12.6. The van der Waals surface area contributed by atoms with Crippen LogP contribution in [0.3, 0.4) is 0 Å². The third-order valence-electron chi connectivity index (χ3n) is 6.45. The summed E-state index contributed by atoms with van der Waals surface area (Å²) in [5.41, 5.74) is 5.25. The van der Waals surface area contributed by atoms with Gasteiger partial charge in [0.25, 0.3) is 0 Å². The van der Waals surface area contributed by atoms with Crippen LogP contribution in [0.15, 0.2) is 158 Å². The standard InChI is InChI=1S/C13H9.C13H10.C11H9.2ClH.Zr/c1-3-7-12-10(5-1)9-11-6-2-4-8-13(11)12;1-3-7-12(8-4-1)11-13-9-5-2-6-10-13;1-2-6-10(7-3-1)11-8-4-5-9-11;;;/h1-9H;1-10H;1-3,6-9H,4H2;2*1H;/q-1;;-1;;;+2/p-2. The number of hydrogen-bond donors (Lipinski definition) is 0. The Bertz CT molecular complexity index is 1590. The van der Waals surface area contributed by atoms with Crippen molar-refractivity contribution in [3.05, 3.63) is 181 Å². The molecule has 0 spiro atoms. The van der Waals surface area contributed by atoms with Crippen LogP contribution in [0.5, 0.6) is 0 Å². The molecule has 1 aliphatic carbocycles. The molecule has 6 aromatic carbocycles. The van der Waals surface area contributed by atoms with E-state index >= 15 is 0 Å². The molecule has 7 rings (SSSR count). The third kappa shape index (κ3) is 8.15. The van der Waals surface area contributed by atoms with Crippen molar-refractivity contribution >= 4 is 30.3 Å². The van der Waals surface area contributed by atoms with Gasteiger partial charge >= 0.3 is 99.2 Å². The molecule has 0 aliphatic heterocycles. The molecule has 0 nitrogen and oxygen atoms in total. The van der Waals surface area contributed by atoms with Crippen molar-refractivity contribution < 1.29 is 49.0 Å². The van der Waals surface area contributed by atoms with Crippen LogP contribution in [0, 0.1) is 6.08 Å². The van der Waals surface area contributed by atoms with Crippen LogP contribution in [-0.2, 0) is 24.2 Å². The van der Waals surface area contributed by atoms with E-state index in [0.717, 1.165) is 6.42 Å². The Balaban J connectivity index is 0.000000162. The molecular formula is C37H28Cl2Zr-2. The van der Waals surface area contributed by atoms with Gasteiger partial charge in [0.2, 0.25) is 0 Å². The number of halogens is 2. The van der Waals surface area contributed by atoms with Gasteiger partial charge in [0, 0.05) is 0 Å². The minimum atomic E-state index is 0. The molecule has 6 aromatic rings. The molecule has 1 aliphatic rings. The Morgan fingerprint density at radius 2 is 0.975 bits per heavy atom. The zero-order valence-electron chi connectivity index (χ0n) is 22.0. The van der Waals surface area contributed by atoms with Crippen molar-refractivity contribution in [2.75, 3.05) is 0 Å². The van der Waals surface area contributed by atoms with Crippen LogP contribution < -0.4 is 24.8 Å². The number of hydrogen-bond acceptors (Lipinski definition) is 0. The first-order chi connectivity index (χ1) is 18.8. The van der Waals surface area contributed by atoms with Gasteiger partial charge in [-0.25, -0.2) is 6.08 Å². The maximum absolute atomic E-state index is 3.15. The smallest absolute Gasteiger partial charge is 0.0771 e. The Hall–Kier alpha value is -3.22. The molecule has 0 aromatic heterocycles. The maximum atomic E-state index is 3.15. The summed E-state index contributed by atoms with van der Waals surface area (Å²) >= 11 is 1.46. The summed E-state index contributed by atoms with van der Waals surface area (Å²) in [4.78, 5) is 0. The molecule has 0 N–H and O–H groups in total. The summed E-state index contributed by atoms with van der Waals surface area (Å²) < 4.78 is 1.42. The fourth-order valence-corrected chi connectivity index (χ4v) is 5.33. The average molecular weight is 635 g/mol. The van der Waals surface area contributed by atoms with Gasteiger partial charge in [-0.2, -0.15) is 11.6 Å². The first-order valence-electron chi connectivity index (χ1n) is 12.8. The maximum Gasteiger partial charge on any atom is -0.0771 e. The van der Waals surface area contributed by atoms with Gasteiger partial charge in [-0.1, -0.05) is 66.7 Å². The molecule has 0 heterocycles. The summed E-state index contributed by atoms with van der Waals surface area (Å²) in [5.74, 6) is 0. The fourth-order valence-electron chi connectivity index (χ4n) is 4.51. The minimum absolute atomic E-state index is 0. The van der Waals surface area contributed by atoms with Crippen LogP contribution in [0.4, 0.5) is 0 Å². The van der Waals surface area contributed by atoms with Gasteiger partial charge in [0.15, 0.2) is 0 Å². The summed E-state index contributed by atoms with van der Waals surface area (Å²) in [7, 11) is 0. The van der Waals surface area contributed by atoms with Crippen LogP contribution in [0.2, 0.25) is 0 Å². The molecular weight excluding hydrogens is 607 g/mol. The first kappa shape index (κ1) is 31.3. The number of benzene rings is 5. The molecule has 0 radical (unpaired) electrons. The van der Waals surface area contributed by atoms with Crippen LogP contribution in [0.1, 0.15) is 23.1 Å². The van der Waals surface area contributed by atoms with E-state index in [-0.39, 0.29) is 24.8 Å². The zero-order valence-corrected chi connectivity index (χ0v) is 25.9. The monoisotopic (exact) mass is 632 g/mol. The summed E-state index contributed by atoms with van der Waals surface area (Å²) in [6.45, 7) is 0. The van der Waals surface area contributed by atoms with Crippen LogP contribution >= 0.6 is 0 Å². The van der Waals surface area contributed by atoms with Crippen molar-refractivity contribution in [1.82, 2.24) is 0 Å². The van der Waals surface area contributed by atoms with Crippen molar-refractivity contribution in [3.63, 3.8) is 0 Å². The molecule has 0 unspecified atom stereocenters.